The Kier molecular flexibility index (Phi) is 4.98. The first-order valence-electron chi connectivity index (χ1n) is 10.7. The molecule has 0 saturated carbocycles. The molecule has 0 radical (unpaired) electrons. The van der Waals surface area contributed by atoms with Crippen LogP contribution in [0.15, 0.2) is 42.5 Å². The van der Waals surface area contributed by atoms with Crippen LogP contribution in [0.3, 0.4) is 0 Å². The van der Waals surface area contributed by atoms with Gasteiger partial charge >= 0.3 is 0 Å². The van der Waals surface area contributed by atoms with E-state index in [4.69, 9.17) is 0 Å². The number of piperidine rings is 1. The summed E-state index contributed by atoms with van der Waals surface area (Å²) in [4.78, 5) is 6.91. The van der Waals surface area contributed by atoms with Crippen LogP contribution in [0.25, 0.3) is 33.5 Å². The normalized spacial score (nSPS) is 14.0. The van der Waals surface area contributed by atoms with Crippen LogP contribution in [0.1, 0.15) is 30.4 Å². The van der Waals surface area contributed by atoms with E-state index in [2.05, 4.69) is 50.4 Å². The number of fused-ring (bicyclic) bond motifs is 1. The van der Waals surface area contributed by atoms with Gasteiger partial charge in [-0.3, -0.25) is 5.10 Å². The minimum Gasteiger partial charge on any atom is -0.508 e. The summed E-state index contributed by atoms with van der Waals surface area (Å²) in [5.74, 6) is -0.825. The highest BCUT2D eigenvalue weighted by atomic mass is 19.1. The second-order valence-electron chi connectivity index (χ2n) is 8.13. The molecule has 3 heterocycles. The van der Waals surface area contributed by atoms with Crippen LogP contribution >= 0.6 is 0 Å². The summed E-state index contributed by atoms with van der Waals surface area (Å²) in [6.07, 6.45) is 3.73. The molecule has 1 saturated heterocycles. The summed E-state index contributed by atoms with van der Waals surface area (Å²) in [6.45, 7) is 3.99. The first kappa shape index (κ1) is 20.0. The number of nitriles is 1. The summed E-state index contributed by atoms with van der Waals surface area (Å²) in [6, 6.07) is 14.3. The molecular weight excluding hydrogens is 405 g/mol. The number of aromatic hydroxyl groups is 1. The van der Waals surface area contributed by atoms with Crippen molar-refractivity contribution in [3.05, 3.63) is 59.4 Å². The Hall–Kier alpha value is -3.92. The van der Waals surface area contributed by atoms with E-state index in [9.17, 15) is 14.8 Å². The van der Waals surface area contributed by atoms with Gasteiger partial charge in [0, 0.05) is 36.0 Å². The number of aromatic amines is 1. The van der Waals surface area contributed by atoms with Crippen LogP contribution in [-0.4, -0.2) is 33.4 Å². The summed E-state index contributed by atoms with van der Waals surface area (Å²) in [7, 11) is 0. The zero-order valence-corrected chi connectivity index (χ0v) is 17.7. The van der Waals surface area contributed by atoms with Gasteiger partial charge < -0.3 is 10.0 Å². The molecule has 0 unspecified atom stereocenters. The molecule has 6 nitrogen and oxygen atoms in total. The van der Waals surface area contributed by atoms with Crippen LogP contribution < -0.4 is 4.90 Å². The lowest BCUT2D eigenvalue weighted by atomic mass is 9.97. The third-order valence-corrected chi connectivity index (χ3v) is 6.15. The Morgan fingerprint density at radius 3 is 2.53 bits per heavy atom. The SMILES string of the molecule is Cc1c(C#N)c(-c2ccc(O)cc2F)nc2n[nH]c(-c3ccc(N4CCCCC4)cc3)c12. The van der Waals surface area contributed by atoms with Gasteiger partial charge in [0.1, 0.15) is 17.6 Å². The number of hydrogen-bond donors (Lipinski definition) is 2. The highest BCUT2D eigenvalue weighted by molar-refractivity contribution is 5.97. The van der Waals surface area contributed by atoms with Crippen LogP contribution in [0.2, 0.25) is 0 Å². The number of hydrogen-bond acceptors (Lipinski definition) is 5. The molecule has 2 N–H and O–H groups in total. The molecule has 0 spiro atoms. The summed E-state index contributed by atoms with van der Waals surface area (Å²) in [5.41, 5.74) is 4.69. The number of halogens is 1. The van der Waals surface area contributed by atoms with E-state index in [1.807, 2.05) is 6.92 Å². The predicted octanol–water partition coefficient (Wildman–Crippen LogP) is 5.31. The van der Waals surface area contributed by atoms with E-state index in [1.54, 1.807) is 0 Å². The van der Waals surface area contributed by atoms with Gasteiger partial charge in [-0.05, 0) is 56.0 Å². The Balaban J connectivity index is 1.60. The number of nitrogens with one attached hydrogen (secondary N) is 1. The maximum atomic E-state index is 14.5. The predicted molar refractivity (Wildman–Crippen MR) is 122 cm³/mol. The Morgan fingerprint density at radius 2 is 1.84 bits per heavy atom. The first-order chi connectivity index (χ1) is 15.6. The fraction of sp³-hybridized carbons (Fsp3) is 0.240. The van der Waals surface area contributed by atoms with Crippen molar-refractivity contribution in [1.29, 1.82) is 5.26 Å². The third-order valence-electron chi connectivity index (χ3n) is 6.15. The minimum atomic E-state index is -0.642. The molecule has 5 rings (SSSR count). The molecule has 2 aromatic carbocycles. The van der Waals surface area contributed by atoms with Crippen LogP contribution in [0.4, 0.5) is 10.1 Å². The van der Waals surface area contributed by atoms with Crippen molar-refractivity contribution in [2.45, 2.75) is 26.2 Å². The smallest absolute Gasteiger partial charge is 0.182 e. The van der Waals surface area contributed by atoms with Gasteiger partial charge in [-0.1, -0.05) is 12.1 Å². The number of phenols is 1. The lowest BCUT2D eigenvalue weighted by molar-refractivity contribution is 0.469. The number of phenolic OH excluding ortho intramolecular Hbond substituents is 1. The standard InChI is InChI=1S/C25H22FN5O/c1-15-20(14-27)24(19-10-9-18(32)13-21(19)26)28-25-22(15)23(29-30-25)16-5-7-17(8-6-16)31-11-3-2-4-12-31/h5-10,13,32H,2-4,11-12H2,1H3,(H,28,29,30). The third kappa shape index (κ3) is 3.34. The summed E-state index contributed by atoms with van der Waals surface area (Å²) in [5, 5.41) is 27.5. The maximum absolute atomic E-state index is 14.5. The highest BCUT2D eigenvalue weighted by Gasteiger charge is 2.21. The second kappa shape index (κ2) is 7.97. The number of rotatable bonds is 3. The summed E-state index contributed by atoms with van der Waals surface area (Å²) >= 11 is 0. The van der Waals surface area contributed by atoms with Crippen molar-refractivity contribution in [3.8, 4) is 34.3 Å². The molecule has 0 atom stereocenters. The van der Waals surface area contributed by atoms with E-state index in [-0.39, 0.29) is 22.6 Å². The van der Waals surface area contributed by atoms with Crippen LogP contribution in [0.5, 0.6) is 5.75 Å². The Morgan fingerprint density at radius 1 is 1.09 bits per heavy atom. The molecule has 2 aromatic heterocycles. The van der Waals surface area contributed by atoms with Crippen molar-refractivity contribution >= 4 is 16.7 Å². The Labute approximate surface area is 185 Å². The zero-order valence-electron chi connectivity index (χ0n) is 17.7. The number of aromatic nitrogens is 3. The average molecular weight is 427 g/mol. The lowest BCUT2D eigenvalue weighted by Crippen LogP contribution is -2.29. The van der Waals surface area contributed by atoms with Crippen molar-refractivity contribution in [3.63, 3.8) is 0 Å². The Bertz CT molecular complexity index is 1350. The molecule has 0 bridgehead atoms. The number of anilines is 1. The number of nitrogens with zero attached hydrogens (tertiary/aromatic N) is 4. The average Bonchev–Trinajstić information content (AvgIpc) is 3.24. The van der Waals surface area contributed by atoms with Gasteiger partial charge in [0.15, 0.2) is 5.65 Å². The zero-order chi connectivity index (χ0) is 22.2. The maximum Gasteiger partial charge on any atom is 0.182 e. The van der Waals surface area contributed by atoms with Crippen molar-refractivity contribution < 1.29 is 9.50 Å². The van der Waals surface area contributed by atoms with Gasteiger partial charge in [0.25, 0.3) is 0 Å². The van der Waals surface area contributed by atoms with Gasteiger partial charge in [0.05, 0.1) is 22.3 Å². The van der Waals surface area contributed by atoms with E-state index in [0.29, 0.717) is 11.2 Å². The van der Waals surface area contributed by atoms with Gasteiger partial charge in [-0.25, -0.2) is 9.37 Å². The molecule has 32 heavy (non-hydrogen) atoms. The van der Waals surface area contributed by atoms with Gasteiger partial charge in [-0.2, -0.15) is 10.4 Å². The molecule has 1 aliphatic heterocycles. The second-order valence-corrected chi connectivity index (χ2v) is 8.13. The van der Waals surface area contributed by atoms with E-state index < -0.39 is 5.82 Å². The first-order valence-corrected chi connectivity index (χ1v) is 10.7. The molecule has 7 heteroatoms. The molecule has 1 fully saturated rings. The lowest BCUT2D eigenvalue weighted by Gasteiger charge is -2.28. The van der Waals surface area contributed by atoms with Crippen LogP contribution in [0, 0.1) is 24.1 Å². The molecule has 0 amide bonds. The van der Waals surface area contributed by atoms with Crippen molar-refractivity contribution in [1.82, 2.24) is 15.2 Å². The number of H-pyrrole nitrogens is 1. The molecule has 160 valence electrons. The molecule has 4 aromatic rings. The fourth-order valence-electron chi connectivity index (χ4n) is 4.46. The largest absolute Gasteiger partial charge is 0.508 e. The number of benzene rings is 2. The van der Waals surface area contributed by atoms with E-state index in [1.165, 1.54) is 37.1 Å². The van der Waals surface area contributed by atoms with Crippen LogP contribution in [-0.2, 0) is 0 Å². The number of pyridine rings is 1. The molecule has 1 aliphatic rings. The van der Waals surface area contributed by atoms with Gasteiger partial charge in [-0.15, -0.1) is 0 Å². The molecule has 0 aliphatic carbocycles. The summed E-state index contributed by atoms with van der Waals surface area (Å²) < 4.78 is 14.5. The highest BCUT2D eigenvalue weighted by Crippen LogP contribution is 2.36. The van der Waals surface area contributed by atoms with E-state index >= 15 is 0 Å². The van der Waals surface area contributed by atoms with Crippen molar-refractivity contribution in [2.24, 2.45) is 0 Å². The topological polar surface area (TPSA) is 88.8 Å². The monoisotopic (exact) mass is 427 g/mol. The quantitative estimate of drug-likeness (QED) is 0.463. The fourth-order valence-corrected chi connectivity index (χ4v) is 4.46. The number of aryl methyl sites for hydroxylation is 1. The molecular formula is C25H22FN5O. The van der Waals surface area contributed by atoms with Crippen molar-refractivity contribution in [2.75, 3.05) is 18.0 Å². The minimum absolute atomic E-state index is 0.153. The van der Waals surface area contributed by atoms with E-state index in [0.717, 1.165) is 35.8 Å². The van der Waals surface area contributed by atoms with Gasteiger partial charge in [0.2, 0.25) is 0 Å².